The maximum atomic E-state index is 12.1. The Morgan fingerprint density at radius 2 is 2.14 bits per heavy atom. The molecule has 2 rings (SSSR count). The lowest BCUT2D eigenvalue weighted by atomic mass is 9.88. The summed E-state index contributed by atoms with van der Waals surface area (Å²) >= 11 is 12.0. The lowest BCUT2D eigenvalue weighted by Crippen LogP contribution is -2.39. The molecule has 1 N–H and O–H groups in total. The van der Waals surface area contributed by atoms with Crippen molar-refractivity contribution in [1.29, 1.82) is 0 Å². The number of hydrogen-bond donors (Lipinski definition) is 1. The zero-order chi connectivity index (χ0) is 16.5. The summed E-state index contributed by atoms with van der Waals surface area (Å²) in [6, 6.07) is 4.99. The fourth-order valence-electron chi connectivity index (χ4n) is 2.92. The van der Waals surface area contributed by atoms with Gasteiger partial charge >= 0.3 is 6.09 Å². The van der Waals surface area contributed by atoms with Crippen LogP contribution in [0.3, 0.4) is 0 Å². The molecule has 2 atom stereocenters. The standard InChI is InChI=1S/C16H21Cl2NO3/c1-4-22-15(20)19-9-16(21,8-14(19)10(2)3)11-5-6-12(17)13(18)7-11/h5-7,10,14,21H,4,8-9H2,1-3H3. The van der Waals surface area contributed by atoms with Gasteiger partial charge in [0.15, 0.2) is 0 Å². The Bertz CT molecular complexity index is 564. The average molecular weight is 346 g/mol. The first-order valence-electron chi connectivity index (χ1n) is 7.40. The molecular weight excluding hydrogens is 325 g/mol. The summed E-state index contributed by atoms with van der Waals surface area (Å²) in [7, 11) is 0. The third-order valence-corrected chi connectivity index (χ3v) is 4.85. The molecule has 1 aromatic carbocycles. The summed E-state index contributed by atoms with van der Waals surface area (Å²) in [5, 5.41) is 11.9. The van der Waals surface area contributed by atoms with Crippen LogP contribution < -0.4 is 0 Å². The van der Waals surface area contributed by atoms with Gasteiger partial charge in [-0.2, -0.15) is 0 Å². The van der Waals surface area contributed by atoms with E-state index in [0.717, 1.165) is 0 Å². The molecule has 22 heavy (non-hydrogen) atoms. The third kappa shape index (κ3) is 3.34. The minimum atomic E-state index is -1.14. The fourth-order valence-corrected chi connectivity index (χ4v) is 3.21. The molecule has 0 aliphatic carbocycles. The molecule has 1 aromatic rings. The smallest absolute Gasteiger partial charge is 0.410 e. The molecule has 0 bridgehead atoms. The van der Waals surface area contributed by atoms with Gasteiger partial charge in [0.2, 0.25) is 0 Å². The predicted octanol–water partition coefficient (Wildman–Crippen LogP) is 4.07. The van der Waals surface area contributed by atoms with Crippen LogP contribution in [0.5, 0.6) is 0 Å². The number of rotatable bonds is 3. The van der Waals surface area contributed by atoms with Crippen molar-refractivity contribution in [3.05, 3.63) is 33.8 Å². The van der Waals surface area contributed by atoms with Crippen LogP contribution in [0.2, 0.25) is 10.0 Å². The molecule has 2 unspecified atom stereocenters. The molecule has 1 fully saturated rings. The van der Waals surface area contributed by atoms with Gasteiger partial charge in [0.25, 0.3) is 0 Å². The summed E-state index contributed by atoms with van der Waals surface area (Å²) in [5.74, 6) is 0.209. The summed E-state index contributed by atoms with van der Waals surface area (Å²) in [6.45, 7) is 6.32. The molecule has 0 spiro atoms. The minimum absolute atomic E-state index is 0.0847. The van der Waals surface area contributed by atoms with Crippen molar-refractivity contribution >= 4 is 29.3 Å². The molecule has 1 heterocycles. The number of amides is 1. The summed E-state index contributed by atoms with van der Waals surface area (Å²) < 4.78 is 5.11. The van der Waals surface area contributed by atoms with E-state index in [4.69, 9.17) is 27.9 Å². The first kappa shape index (κ1) is 17.4. The number of ether oxygens (including phenoxy) is 1. The Morgan fingerprint density at radius 3 is 2.68 bits per heavy atom. The largest absolute Gasteiger partial charge is 0.450 e. The second kappa shape index (κ2) is 6.65. The van der Waals surface area contributed by atoms with Crippen molar-refractivity contribution in [3.63, 3.8) is 0 Å². The molecule has 1 aliphatic rings. The fraction of sp³-hybridized carbons (Fsp3) is 0.562. The van der Waals surface area contributed by atoms with Gasteiger partial charge in [0, 0.05) is 12.5 Å². The highest BCUT2D eigenvalue weighted by Crippen LogP contribution is 2.40. The summed E-state index contributed by atoms with van der Waals surface area (Å²) in [4.78, 5) is 13.8. The molecule has 4 nitrogen and oxygen atoms in total. The maximum absolute atomic E-state index is 12.1. The summed E-state index contributed by atoms with van der Waals surface area (Å²) in [5.41, 5.74) is -0.477. The maximum Gasteiger partial charge on any atom is 0.410 e. The van der Waals surface area contributed by atoms with E-state index in [2.05, 4.69) is 0 Å². The molecule has 1 saturated heterocycles. The van der Waals surface area contributed by atoms with E-state index >= 15 is 0 Å². The Labute approximate surface area is 141 Å². The van der Waals surface area contributed by atoms with Gasteiger partial charge in [-0.25, -0.2) is 4.79 Å². The van der Waals surface area contributed by atoms with E-state index < -0.39 is 11.7 Å². The van der Waals surface area contributed by atoms with Crippen LogP contribution in [0.1, 0.15) is 32.8 Å². The van der Waals surface area contributed by atoms with Crippen molar-refractivity contribution in [2.24, 2.45) is 5.92 Å². The van der Waals surface area contributed by atoms with E-state index in [1.807, 2.05) is 13.8 Å². The molecule has 1 amide bonds. The first-order chi connectivity index (χ1) is 10.3. The van der Waals surface area contributed by atoms with Crippen molar-refractivity contribution in [3.8, 4) is 0 Å². The number of carbonyl (C=O) groups excluding carboxylic acids is 1. The van der Waals surface area contributed by atoms with Gasteiger partial charge in [0.1, 0.15) is 5.60 Å². The van der Waals surface area contributed by atoms with E-state index in [1.54, 1.807) is 30.0 Å². The van der Waals surface area contributed by atoms with Crippen LogP contribution in [0.4, 0.5) is 4.79 Å². The topological polar surface area (TPSA) is 49.8 Å². The van der Waals surface area contributed by atoms with Crippen molar-refractivity contribution in [2.75, 3.05) is 13.2 Å². The molecule has 6 heteroatoms. The lowest BCUT2D eigenvalue weighted by Gasteiger charge is -2.26. The lowest BCUT2D eigenvalue weighted by molar-refractivity contribution is 0.0423. The summed E-state index contributed by atoms with van der Waals surface area (Å²) in [6.07, 6.45) is 0.0544. The number of halogens is 2. The number of nitrogens with zero attached hydrogens (tertiary/aromatic N) is 1. The average Bonchev–Trinajstić information content (AvgIpc) is 2.82. The monoisotopic (exact) mass is 345 g/mol. The normalized spacial score (nSPS) is 24.9. The van der Waals surface area contributed by atoms with E-state index in [9.17, 15) is 9.90 Å². The van der Waals surface area contributed by atoms with Gasteiger partial charge in [-0.15, -0.1) is 0 Å². The first-order valence-corrected chi connectivity index (χ1v) is 8.15. The van der Waals surface area contributed by atoms with E-state index in [0.29, 0.717) is 28.6 Å². The number of carbonyl (C=O) groups is 1. The second-order valence-electron chi connectivity index (χ2n) is 6.00. The highest BCUT2D eigenvalue weighted by molar-refractivity contribution is 6.42. The molecule has 122 valence electrons. The second-order valence-corrected chi connectivity index (χ2v) is 6.82. The van der Waals surface area contributed by atoms with Crippen LogP contribution >= 0.6 is 23.2 Å². The Kier molecular flexibility index (Phi) is 5.25. The van der Waals surface area contributed by atoms with Gasteiger partial charge in [0.05, 0.1) is 23.2 Å². The van der Waals surface area contributed by atoms with E-state index in [1.165, 1.54) is 0 Å². The zero-order valence-electron chi connectivity index (χ0n) is 13.0. The molecular formula is C16H21Cl2NO3. The van der Waals surface area contributed by atoms with Gasteiger partial charge in [-0.1, -0.05) is 43.1 Å². The SMILES string of the molecule is CCOC(=O)N1CC(O)(c2ccc(Cl)c(Cl)c2)CC1C(C)C. The zero-order valence-corrected chi connectivity index (χ0v) is 14.5. The highest BCUT2D eigenvalue weighted by atomic mass is 35.5. The number of benzene rings is 1. The number of aliphatic hydroxyl groups is 1. The number of hydrogen-bond acceptors (Lipinski definition) is 3. The van der Waals surface area contributed by atoms with Crippen LogP contribution in [-0.4, -0.2) is 35.3 Å². The molecule has 0 aromatic heterocycles. The van der Waals surface area contributed by atoms with Crippen LogP contribution in [0, 0.1) is 5.92 Å². The number of β-amino-alcohol motifs (C(OH)–C–C–N with tert-alkyl or cyclic N) is 1. The Hall–Kier alpha value is -0.970. The molecule has 0 saturated carbocycles. The Morgan fingerprint density at radius 1 is 1.45 bits per heavy atom. The predicted molar refractivity (Wildman–Crippen MR) is 87.3 cm³/mol. The van der Waals surface area contributed by atoms with Crippen molar-refractivity contribution in [1.82, 2.24) is 4.90 Å². The Balaban J connectivity index is 2.31. The van der Waals surface area contributed by atoms with Crippen LogP contribution in [0.15, 0.2) is 18.2 Å². The van der Waals surface area contributed by atoms with Gasteiger partial charge in [-0.3, -0.25) is 0 Å². The van der Waals surface area contributed by atoms with Gasteiger partial charge in [-0.05, 0) is 30.5 Å². The van der Waals surface area contributed by atoms with E-state index in [-0.39, 0.29) is 18.5 Å². The number of likely N-dealkylation sites (tertiary alicyclic amines) is 1. The molecule has 0 radical (unpaired) electrons. The van der Waals surface area contributed by atoms with Crippen LogP contribution in [0.25, 0.3) is 0 Å². The van der Waals surface area contributed by atoms with Crippen molar-refractivity contribution in [2.45, 2.75) is 38.8 Å². The van der Waals surface area contributed by atoms with Crippen LogP contribution in [-0.2, 0) is 10.3 Å². The van der Waals surface area contributed by atoms with Gasteiger partial charge < -0.3 is 14.7 Å². The third-order valence-electron chi connectivity index (χ3n) is 4.11. The molecule has 1 aliphatic heterocycles. The highest BCUT2D eigenvalue weighted by Gasteiger charge is 2.47. The minimum Gasteiger partial charge on any atom is -0.450 e. The quantitative estimate of drug-likeness (QED) is 0.898. The van der Waals surface area contributed by atoms with Crippen molar-refractivity contribution < 1.29 is 14.6 Å².